The van der Waals surface area contributed by atoms with E-state index in [0.29, 0.717) is 29.4 Å². The van der Waals surface area contributed by atoms with Crippen LogP contribution in [0.1, 0.15) is 23.3 Å². The zero-order chi connectivity index (χ0) is 17.8. The molecule has 3 rings (SSSR count). The van der Waals surface area contributed by atoms with Gasteiger partial charge in [0.05, 0.1) is 6.57 Å². The van der Waals surface area contributed by atoms with Crippen LogP contribution in [0.15, 0.2) is 35.6 Å². The van der Waals surface area contributed by atoms with Crippen LogP contribution in [0.4, 0.5) is 10.8 Å². The maximum Gasteiger partial charge on any atom is 0.273 e. The quantitative estimate of drug-likeness (QED) is 0.859. The van der Waals surface area contributed by atoms with Gasteiger partial charge in [-0.15, -0.1) is 11.3 Å². The molecule has 2 aromatic rings. The molecule has 0 radical (unpaired) electrons. The number of amides is 2. The van der Waals surface area contributed by atoms with Gasteiger partial charge in [0.25, 0.3) is 5.91 Å². The molecular formula is C17H15N5O2S. The molecule has 0 atom stereocenters. The average molecular weight is 353 g/mol. The Morgan fingerprint density at radius 1 is 1.44 bits per heavy atom. The highest BCUT2D eigenvalue weighted by Crippen LogP contribution is 2.23. The molecule has 8 heteroatoms. The summed E-state index contributed by atoms with van der Waals surface area (Å²) in [6.07, 6.45) is 2.97. The minimum absolute atomic E-state index is 0.102. The van der Waals surface area contributed by atoms with Gasteiger partial charge in [-0.2, -0.15) is 5.10 Å². The van der Waals surface area contributed by atoms with E-state index in [9.17, 15) is 9.59 Å². The SMILES string of the molecule is [C-]#[N+]c1cccc(Cc2cnc(NC(=O)C3=NN(C)C(=O)CC3)s2)c1. The van der Waals surface area contributed by atoms with Crippen LogP contribution in [0.3, 0.4) is 0 Å². The van der Waals surface area contributed by atoms with E-state index in [1.807, 2.05) is 18.2 Å². The summed E-state index contributed by atoms with van der Waals surface area (Å²) < 4.78 is 0. The molecule has 2 heterocycles. The van der Waals surface area contributed by atoms with Crippen molar-refractivity contribution in [1.29, 1.82) is 0 Å². The van der Waals surface area contributed by atoms with Crippen molar-refractivity contribution in [2.75, 3.05) is 12.4 Å². The Kier molecular flexibility index (Phi) is 4.86. The molecule has 1 N–H and O–H groups in total. The van der Waals surface area contributed by atoms with E-state index in [2.05, 4.69) is 20.2 Å². The highest BCUT2D eigenvalue weighted by atomic mass is 32.1. The van der Waals surface area contributed by atoms with Gasteiger partial charge in [0.2, 0.25) is 5.91 Å². The van der Waals surface area contributed by atoms with E-state index in [0.717, 1.165) is 10.4 Å². The molecule has 0 saturated carbocycles. The summed E-state index contributed by atoms with van der Waals surface area (Å²) in [6.45, 7) is 7.06. The van der Waals surface area contributed by atoms with E-state index in [4.69, 9.17) is 6.57 Å². The van der Waals surface area contributed by atoms with Gasteiger partial charge >= 0.3 is 0 Å². The van der Waals surface area contributed by atoms with Gasteiger partial charge in [-0.3, -0.25) is 14.9 Å². The third-order valence-electron chi connectivity index (χ3n) is 3.66. The van der Waals surface area contributed by atoms with E-state index in [1.54, 1.807) is 12.3 Å². The number of thiazole rings is 1. The fourth-order valence-corrected chi connectivity index (χ4v) is 3.23. The molecule has 1 aliphatic heterocycles. The number of hydrazone groups is 1. The molecule has 7 nitrogen and oxygen atoms in total. The number of hydrogen-bond donors (Lipinski definition) is 1. The molecule has 1 aliphatic rings. The number of nitrogens with zero attached hydrogens (tertiary/aromatic N) is 4. The minimum atomic E-state index is -0.338. The van der Waals surface area contributed by atoms with Crippen LogP contribution in [-0.2, 0) is 16.0 Å². The topological polar surface area (TPSA) is 79.0 Å². The molecule has 0 fully saturated rings. The molecule has 0 spiro atoms. The summed E-state index contributed by atoms with van der Waals surface area (Å²) in [4.78, 5) is 32.2. The van der Waals surface area contributed by atoms with Crippen molar-refractivity contribution >= 4 is 39.7 Å². The van der Waals surface area contributed by atoms with Crippen molar-refractivity contribution in [3.05, 3.63) is 52.3 Å². The number of benzene rings is 1. The first-order valence-electron chi connectivity index (χ1n) is 7.61. The van der Waals surface area contributed by atoms with Crippen LogP contribution < -0.4 is 5.32 Å². The molecule has 126 valence electrons. The van der Waals surface area contributed by atoms with Gasteiger partial charge in [-0.1, -0.05) is 29.8 Å². The maximum atomic E-state index is 12.2. The first-order chi connectivity index (χ1) is 12.0. The Morgan fingerprint density at radius 2 is 2.28 bits per heavy atom. The van der Waals surface area contributed by atoms with Crippen LogP contribution in [-0.4, -0.2) is 34.6 Å². The van der Waals surface area contributed by atoms with Crippen LogP contribution in [0, 0.1) is 6.57 Å². The standard InChI is InChI=1S/C17H15N5O2S/c1-18-12-5-3-4-11(8-12)9-13-10-19-17(25-13)20-16(24)14-6-7-15(23)22(2)21-14/h3-5,8,10H,6-7,9H2,2H3,(H,19,20,24). The molecule has 25 heavy (non-hydrogen) atoms. The molecule has 0 bridgehead atoms. The predicted octanol–water partition coefficient (Wildman–Crippen LogP) is 2.83. The van der Waals surface area contributed by atoms with Gasteiger partial charge in [0, 0.05) is 37.4 Å². The summed E-state index contributed by atoms with van der Waals surface area (Å²) in [6, 6.07) is 7.41. The highest BCUT2D eigenvalue weighted by Gasteiger charge is 2.22. The van der Waals surface area contributed by atoms with Crippen LogP contribution in [0.2, 0.25) is 0 Å². The van der Waals surface area contributed by atoms with Gasteiger partial charge in [-0.05, 0) is 0 Å². The normalized spacial score (nSPS) is 14.0. The zero-order valence-corrected chi connectivity index (χ0v) is 14.3. The van der Waals surface area contributed by atoms with Gasteiger partial charge in [-0.25, -0.2) is 14.8 Å². The van der Waals surface area contributed by atoms with Crippen LogP contribution in [0.25, 0.3) is 4.85 Å². The van der Waals surface area contributed by atoms with Crippen molar-refractivity contribution in [2.24, 2.45) is 5.10 Å². The smallest absolute Gasteiger partial charge is 0.273 e. The summed E-state index contributed by atoms with van der Waals surface area (Å²) in [5, 5.41) is 8.40. The molecule has 0 unspecified atom stereocenters. The molecule has 0 saturated heterocycles. The lowest BCUT2D eigenvalue weighted by atomic mass is 10.1. The van der Waals surface area contributed by atoms with Crippen molar-refractivity contribution in [3.8, 4) is 0 Å². The molecule has 1 aromatic carbocycles. The number of aromatic nitrogens is 1. The highest BCUT2D eigenvalue weighted by molar-refractivity contribution is 7.15. The number of carbonyl (C=O) groups excluding carboxylic acids is 2. The van der Waals surface area contributed by atoms with E-state index < -0.39 is 0 Å². The Bertz CT molecular complexity index is 896. The number of hydrogen-bond acceptors (Lipinski definition) is 5. The number of nitrogens with one attached hydrogen (secondary N) is 1. The van der Waals surface area contributed by atoms with E-state index >= 15 is 0 Å². The molecular weight excluding hydrogens is 338 g/mol. The zero-order valence-electron chi connectivity index (χ0n) is 13.5. The second-order valence-electron chi connectivity index (χ2n) is 5.51. The average Bonchev–Trinajstić information content (AvgIpc) is 3.04. The summed E-state index contributed by atoms with van der Waals surface area (Å²) in [7, 11) is 1.54. The molecule has 1 aromatic heterocycles. The van der Waals surface area contributed by atoms with Gasteiger partial charge in [0.15, 0.2) is 10.8 Å². The first-order valence-corrected chi connectivity index (χ1v) is 8.43. The number of anilines is 1. The summed E-state index contributed by atoms with van der Waals surface area (Å²) in [5.41, 5.74) is 1.94. The maximum absolute atomic E-state index is 12.2. The first kappa shape index (κ1) is 16.8. The van der Waals surface area contributed by atoms with Crippen molar-refractivity contribution in [1.82, 2.24) is 9.99 Å². The van der Waals surface area contributed by atoms with Crippen LogP contribution in [0.5, 0.6) is 0 Å². The third kappa shape index (κ3) is 4.08. The van der Waals surface area contributed by atoms with Crippen molar-refractivity contribution in [2.45, 2.75) is 19.3 Å². The number of carbonyl (C=O) groups is 2. The van der Waals surface area contributed by atoms with E-state index in [-0.39, 0.29) is 18.2 Å². The van der Waals surface area contributed by atoms with Crippen molar-refractivity contribution < 1.29 is 9.59 Å². The van der Waals surface area contributed by atoms with Crippen LogP contribution >= 0.6 is 11.3 Å². The fraction of sp³-hybridized carbons (Fsp3) is 0.235. The summed E-state index contributed by atoms with van der Waals surface area (Å²) >= 11 is 1.38. The lowest BCUT2D eigenvalue weighted by Gasteiger charge is -2.18. The third-order valence-corrected chi connectivity index (χ3v) is 4.57. The Balaban J connectivity index is 1.65. The Labute approximate surface area is 148 Å². The largest absolute Gasteiger partial charge is 0.297 e. The fourth-order valence-electron chi connectivity index (χ4n) is 2.39. The monoisotopic (exact) mass is 353 g/mol. The van der Waals surface area contributed by atoms with Gasteiger partial charge in [0.1, 0.15) is 5.71 Å². The second kappa shape index (κ2) is 7.23. The molecule has 2 amide bonds. The van der Waals surface area contributed by atoms with Gasteiger partial charge < -0.3 is 0 Å². The van der Waals surface area contributed by atoms with E-state index in [1.165, 1.54) is 23.4 Å². The Hall–Kier alpha value is -3.05. The minimum Gasteiger partial charge on any atom is -0.297 e. The molecule has 0 aliphatic carbocycles. The Morgan fingerprint density at radius 3 is 3.04 bits per heavy atom. The lowest BCUT2D eigenvalue weighted by Crippen LogP contribution is -2.34. The summed E-state index contributed by atoms with van der Waals surface area (Å²) in [5.74, 6) is -0.440. The lowest BCUT2D eigenvalue weighted by molar-refractivity contribution is -0.130. The number of rotatable bonds is 4. The second-order valence-corrected chi connectivity index (χ2v) is 6.62. The van der Waals surface area contributed by atoms with Crippen molar-refractivity contribution in [3.63, 3.8) is 0 Å². The predicted molar refractivity (Wildman–Crippen MR) is 95.7 cm³/mol.